The maximum atomic E-state index is 12.2. The molecule has 0 unspecified atom stereocenters. The summed E-state index contributed by atoms with van der Waals surface area (Å²) in [6, 6.07) is 17.1. The van der Waals surface area contributed by atoms with Crippen molar-refractivity contribution >= 4 is 29.0 Å². The van der Waals surface area contributed by atoms with E-state index in [9.17, 15) is 4.79 Å². The van der Waals surface area contributed by atoms with E-state index in [0.29, 0.717) is 11.4 Å². The molecular formula is C24H27N5O2. The topological polar surface area (TPSA) is 79.4 Å². The molecule has 2 heterocycles. The quantitative estimate of drug-likeness (QED) is 0.591. The molecule has 1 aliphatic rings. The monoisotopic (exact) mass is 417 g/mol. The van der Waals surface area contributed by atoms with Crippen molar-refractivity contribution in [2.24, 2.45) is 0 Å². The number of nitrogens with zero attached hydrogens (tertiary/aromatic N) is 3. The van der Waals surface area contributed by atoms with E-state index in [0.717, 1.165) is 41.8 Å². The number of carbonyl (C=O) groups is 1. The van der Waals surface area contributed by atoms with Gasteiger partial charge < -0.3 is 20.3 Å². The van der Waals surface area contributed by atoms with Crippen LogP contribution in [0.3, 0.4) is 0 Å². The van der Waals surface area contributed by atoms with Gasteiger partial charge in [0.1, 0.15) is 11.6 Å². The first-order valence-corrected chi connectivity index (χ1v) is 10.5. The van der Waals surface area contributed by atoms with Gasteiger partial charge in [0, 0.05) is 36.2 Å². The lowest BCUT2D eigenvalue weighted by Crippen LogP contribution is -2.21. The summed E-state index contributed by atoms with van der Waals surface area (Å²) in [7, 11) is 0. The Morgan fingerprint density at radius 3 is 2.48 bits per heavy atom. The summed E-state index contributed by atoms with van der Waals surface area (Å²) in [4.78, 5) is 23.6. The first-order valence-electron chi connectivity index (χ1n) is 10.5. The first-order chi connectivity index (χ1) is 15.0. The third-order valence-electron chi connectivity index (χ3n) is 5.03. The minimum atomic E-state index is -0.205. The molecule has 2 aromatic carbocycles. The Morgan fingerprint density at radius 2 is 1.74 bits per heavy atom. The zero-order valence-electron chi connectivity index (χ0n) is 17.9. The second-order valence-corrected chi connectivity index (χ2v) is 7.74. The minimum absolute atomic E-state index is 0.0387. The first kappa shape index (κ1) is 20.7. The number of anilines is 4. The van der Waals surface area contributed by atoms with Crippen LogP contribution in [0.25, 0.3) is 0 Å². The number of ether oxygens (including phenoxy) is 1. The molecule has 1 aromatic heterocycles. The molecule has 3 aromatic rings. The molecule has 1 fully saturated rings. The standard InChI is InChI=1S/C24H27N5O2/c1-17-6-5-7-21(14-17)31-16-23(30)27-20-10-8-19(9-11-20)26-22-15-18(2)25-24(28-22)29-12-3-4-13-29/h5-11,14-15H,3-4,12-13,16H2,1-2H3,(H,27,30)(H,25,26,28). The predicted octanol–water partition coefficient (Wildman–Crippen LogP) is 4.45. The molecule has 1 amide bonds. The summed E-state index contributed by atoms with van der Waals surface area (Å²) >= 11 is 0. The molecule has 0 bridgehead atoms. The fourth-order valence-electron chi connectivity index (χ4n) is 3.51. The summed E-state index contributed by atoms with van der Waals surface area (Å²) < 4.78 is 5.55. The number of rotatable bonds is 7. The van der Waals surface area contributed by atoms with Gasteiger partial charge in [-0.05, 0) is 68.7 Å². The zero-order valence-corrected chi connectivity index (χ0v) is 17.9. The Balaban J connectivity index is 1.33. The highest BCUT2D eigenvalue weighted by atomic mass is 16.5. The van der Waals surface area contributed by atoms with Crippen LogP contribution in [-0.2, 0) is 4.79 Å². The molecule has 7 nitrogen and oxygen atoms in total. The Hall–Kier alpha value is -3.61. The number of hydrogen-bond acceptors (Lipinski definition) is 6. The van der Waals surface area contributed by atoms with Crippen molar-refractivity contribution in [3.05, 3.63) is 65.9 Å². The van der Waals surface area contributed by atoms with E-state index in [2.05, 4.69) is 25.5 Å². The van der Waals surface area contributed by atoms with Crippen LogP contribution in [0.5, 0.6) is 5.75 Å². The van der Waals surface area contributed by atoms with Gasteiger partial charge in [0.15, 0.2) is 6.61 Å². The van der Waals surface area contributed by atoms with Crippen molar-refractivity contribution in [1.82, 2.24) is 9.97 Å². The Morgan fingerprint density at radius 1 is 1.00 bits per heavy atom. The predicted molar refractivity (Wildman–Crippen MR) is 123 cm³/mol. The minimum Gasteiger partial charge on any atom is -0.484 e. The number of carbonyl (C=O) groups excluding carboxylic acids is 1. The van der Waals surface area contributed by atoms with E-state index in [1.165, 1.54) is 12.8 Å². The molecule has 160 valence electrons. The van der Waals surface area contributed by atoms with Crippen LogP contribution in [0, 0.1) is 13.8 Å². The maximum absolute atomic E-state index is 12.2. The number of hydrogen-bond donors (Lipinski definition) is 2. The number of benzene rings is 2. The molecule has 2 N–H and O–H groups in total. The van der Waals surface area contributed by atoms with Crippen LogP contribution in [0.1, 0.15) is 24.1 Å². The van der Waals surface area contributed by atoms with Crippen molar-refractivity contribution < 1.29 is 9.53 Å². The number of aromatic nitrogens is 2. The third-order valence-corrected chi connectivity index (χ3v) is 5.03. The largest absolute Gasteiger partial charge is 0.484 e. The van der Waals surface area contributed by atoms with Gasteiger partial charge in [0.2, 0.25) is 5.95 Å². The number of nitrogens with one attached hydrogen (secondary N) is 2. The van der Waals surface area contributed by atoms with E-state index < -0.39 is 0 Å². The summed E-state index contributed by atoms with van der Waals surface area (Å²) in [6.45, 7) is 5.93. The molecule has 1 aliphatic heterocycles. The number of aryl methyl sites for hydroxylation is 2. The van der Waals surface area contributed by atoms with Gasteiger partial charge in [-0.2, -0.15) is 4.98 Å². The van der Waals surface area contributed by atoms with Crippen molar-refractivity contribution in [2.45, 2.75) is 26.7 Å². The molecular weight excluding hydrogens is 390 g/mol. The van der Waals surface area contributed by atoms with Gasteiger partial charge in [-0.25, -0.2) is 4.98 Å². The average Bonchev–Trinajstić information content (AvgIpc) is 3.28. The fourth-order valence-corrected chi connectivity index (χ4v) is 3.51. The second-order valence-electron chi connectivity index (χ2n) is 7.74. The molecule has 0 atom stereocenters. The van der Waals surface area contributed by atoms with Crippen molar-refractivity contribution in [1.29, 1.82) is 0 Å². The Labute approximate surface area is 182 Å². The summed E-state index contributed by atoms with van der Waals surface area (Å²) in [6.07, 6.45) is 2.37. The molecule has 0 aliphatic carbocycles. The van der Waals surface area contributed by atoms with Gasteiger partial charge in [-0.3, -0.25) is 4.79 Å². The van der Waals surface area contributed by atoms with E-state index in [-0.39, 0.29) is 12.5 Å². The van der Waals surface area contributed by atoms with Gasteiger partial charge in [-0.15, -0.1) is 0 Å². The van der Waals surface area contributed by atoms with E-state index in [1.807, 2.05) is 68.4 Å². The lowest BCUT2D eigenvalue weighted by Gasteiger charge is -2.17. The van der Waals surface area contributed by atoms with Crippen LogP contribution in [0.4, 0.5) is 23.1 Å². The molecule has 7 heteroatoms. The molecule has 4 rings (SSSR count). The molecule has 0 saturated carbocycles. The molecule has 0 radical (unpaired) electrons. The average molecular weight is 418 g/mol. The fraction of sp³-hybridized carbons (Fsp3) is 0.292. The highest BCUT2D eigenvalue weighted by molar-refractivity contribution is 5.92. The SMILES string of the molecule is Cc1cccc(OCC(=O)Nc2ccc(Nc3cc(C)nc(N4CCCC4)n3)cc2)c1. The summed E-state index contributed by atoms with van der Waals surface area (Å²) in [5.41, 5.74) is 3.61. The van der Waals surface area contributed by atoms with Crippen LogP contribution >= 0.6 is 0 Å². The van der Waals surface area contributed by atoms with Crippen molar-refractivity contribution in [3.8, 4) is 5.75 Å². The highest BCUT2D eigenvalue weighted by Crippen LogP contribution is 2.22. The Kier molecular flexibility index (Phi) is 6.31. The van der Waals surface area contributed by atoms with Gasteiger partial charge >= 0.3 is 0 Å². The molecule has 31 heavy (non-hydrogen) atoms. The van der Waals surface area contributed by atoms with Crippen LogP contribution < -0.4 is 20.3 Å². The third kappa shape index (κ3) is 5.72. The molecule has 0 spiro atoms. The lowest BCUT2D eigenvalue weighted by molar-refractivity contribution is -0.118. The summed E-state index contributed by atoms with van der Waals surface area (Å²) in [5, 5.41) is 6.18. The number of amides is 1. The molecule has 1 saturated heterocycles. The van der Waals surface area contributed by atoms with E-state index >= 15 is 0 Å². The van der Waals surface area contributed by atoms with Gasteiger partial charge in [-0.1, -0.05) is 12.1 Å². The van der Waals surface area contributed by atoms with Crippen molar-refractivity contribution in [2.75, 3.05) is 35.2 Å². The summed E-state index contributed by atoms with van der Waals surface area (Å²) in [5.74, 6) is 2.02. The van der Waals surface area contributed by atoms with Crippen LogP contribution in [0.2, 0.25) is 0 Å². The maximum Gasteiger partial charge on any atom is 0.262 e. The zero-order chi connectivity index (χ0) is 21.6. The van der Waals surface area contributed by atoms with E-state index in [4.69, 9.17) is 4.74 Å². The van der Waals surface area contributed by atoms with E-state index in [1.54, 1.807) is 0 Å². The normalized spacial score (nSPS) is 13.2. The highest BCUT2D eigenvalue weighted by Gasteiger charge is 2.16. The van der Waals surface area contributed by atoms with Gasteiger partial charge in [0.25, 0.3) is 5.91 Å². The van der Waals surface area contributed by atoms with Crippen LogP contribution in [-0.4, -0.2) is 35.6 Å². The second kappa shape index (κ2) is 9.47. The van der Waals surface area contributed by atoms with Crippen LogP contribution in [0.15, 0.2) is 54.6 Å². The smallest absolute Gasteiger partial charge is 0.262 e. The Bertz CT molecular complexity index is 1050. The van der Waals surface area contributed by atoms with Gasteiger partial charge in [0.05, 0.1) is 0 Å². The lowest BCUT2D eigenvalue weighted by atomic mass is 10.2. The van der Waals surface area contributed by atoms with Crippen molar-refractivity contribution in [3.63, 3.8) is 0 Å².